The molecule has 2 amide bonds. The van der Waals surface area contributed by atoms with Gasteiger partial charge in [-0.05, 0) is 30.3 Å². The molecule has 3 rings (SSSR count). The van der Waals surface area contributed by atoms with E-state index in [1.165, 1.54) is 6.26 Å². The van der Waals surface area contributed by atoms with Gasteiger partial charge in [-0.15, -0.1) is 0 Å². The minimum absolute atomic E-state index is 0.171. The Bertz CT molecular complexity index is 870. The molecule has 0 aliphatic rings. The van der Waals surface area contributed by atoms with Crippen molar-refractivity contribution in [3.05, 3.63) is 54.1 Å². The number of hydrogen-bond acceptors (Lipinski definition) is 6. The lowest BCUT2D eigenvalue weighted by Crippen LogP contribution is -2.18. The van der Waals surface area contributed by atoms with Crippen LogP contribution in [-0.2, 0) is 11.2 Å². The summed E-state index contributed by atoms with van der Waals surface area (Å²) in [5, 5.41) is 9.08. The van der Waals surface area contributed by atoms with Crippen LogP contribution in [0.1, 0.15) is 22.7 Å². The molecule has 128 valence electrons. The predicted molar refractivity (Wildman–Crippen MR) is 88.8 cm³/mol. The Labute approximate surface area is 143 Å². The van der Waals surface area contributed by atoms with Crippen LogP contribution in [0.15, 0.2) is 51.6 Å². The first-order chi connectivity index (χ1) is 12.2. The second-order valence-corrected chi connectivity index (χ2v) is 5.20. The number of rotatable bonds is 6. The molecule has 3 aromatic rings. The Morgan fingerprint density at radius 2 is 2.08 bits per heavy atom. The third kappa shape index (κ3) is 4.11. The van der Waals surface area contributed by atoms with Crippen molar-refractivity contribution < 1.29 is 18.5 Å². The van der Waals surface area contributed by atoms with Crippen molar-refractivity contribution in [1.82, 2.24) is 15.5 Å². The molecule has 0 bridgehead atoms. The summed E-state index contributed by atoms with van der Waals surface area (Å²) in [5.41, 5.74) is 1.02. The van der Waals surface area contributed by atoms with Gasteiger partial charge in [-0.2, -0.15) is 4.98 Å². The average Bonchev–Trinajstić information content (AvgIpc) is 3.30. The van der Waals surface area contributed by atoms with E-state index in [1.54, 1.807) is 43.4 Å². The van der Waals surface area contributed by atoms with Crippen LogP contribution < -0.4 is 10.6 Å². The number of hydrogen-bond donors (Lipinski definition) is 2. The van der Waals surface area contributed by atoms with Gasteiger partial charge >= 0.3 is 0 Å². The number of nitrogens with one attached hydrogen (secondary N) is 2. The van der Waals surface area contributed by atoms with Crippen LogP contribution in [0.2, 0.25) is 0 Å². The lowest BCUT2D eigenvalue weighted by Gasteiger charge is -2.06. The van der Waals surface area contributed by atoms with Crippen molar-refractivity contribution in [2.75, 3.05) is 12.4 Å². The molecule has 2 heterocycles. The first-order valence-corrected chi connectivity index (χ1v) is 7.64. The Hall–Kier alpha value is -3.42. The van der Waals surface area contributed by atoms with Gasteiger partial charge in [-0.1, -0.05) is 11.2 Å². The van der Waals surface area contributed by atoms with E-state index >= 15 is 0 Å². The molecule has 0 atom stereocenters. The highest BCUT2D eigenvalue weighted by atomic mass is 16.5. The third-order valence-electron chi connectivity index (χ3n) is 3.41. The predicted octanol–water partition coefficient (Wildman–Crippen LogP) is 2.26. The molecule has 0 saturated carbocycles. The number of carbonyl (C=O) groups excluding carboxylic acids is 2. The molecular formula is C17H16N4O4. The summed E-state index contributed by atoms with van der Waals surface area (Å²) >= 11 is 0. The highest BCUT2D eigenvalue weighted by Gasteiger charge is 2.13. The maximum Gasteiger partial charge on any atom is 0.251 e. The Kier molecular flexibility index (Phi) is 4.89. The summed E-state index contributed by atoms with van der Waals surface area (Å²) < 4.78 is 10.3. The fraction of sp³-hybridized carbons (Fsp3) is 0.176. The van der Waals surface area contributed by atoms with Crippen LogP contribution in [0, 0.1) is 0 Å². The van der Waals surface area contributed by atoms with Gasteiger partial charge in [0.1, 0.15) is 0 Å². The van der Waals surface area contributed by atoms with Gasteiger partial charge in [0.25, 0.3) is 5.91 Å². The van der Waals surface area contributed by atoms with E-state index in [0.29, 0.717) is 35.1 Å². The van der Waals surface area contributed by atoms with Gasteiger partial charge < -0.3 is 19.6 Å². The topological polar surface area (TPSA) is 110 Å². The molecule has 0 spiro atoms. The Balaban J connectivity index is 1.56. The molecule has 0 aliphatic carbocycles. The van der Waals surface area contributed by atoms with Crippen LogP contribution in [0.4, 0.5) is 5.69 Å². The van der Waals surface area contributed by atoms with Crippen LogP contribution >= 0.6 is 0 Å². The van der Waals surface area contributed by atoms with Crippen molar-refractivity contribution in [3.63, 3.8) is 0 Å². The zero-order valence-electron chi connectivity index (χ0n) is 13.5. The number of aryl methyl sites for hydroxylation is 1. The second kappa shape index (κ2) is 7.43. The van der Waals surface area contributed by atoms with E-state index in [4.69, 9.17) is 8.94 Å². The second-order valence-electron chi connectivity index (χ2n) is 5.20. The first-order valence-electron chi connectivity index (χ1n) is 7.64. The van der Waals surface area contributed by atoms with Crippen molar-refractivity contribution in [3.8, 4) is 11.6 Å². The quantitative estimate of drug-likeness (QED) is 0.712. The average molecular weight is 340 g/mol. The monoisotopic (exact) mass is 340 g/mol. The molecule has 8 heteroatoms. The number of carbonyl (C=O) groups is 2. The largest absolute Gasteiger partial charge is 0.461 e. The lowest BCUT2D eigenvalue weighted by molar-refractivity contribution is -0.116. The standard InChI is InChI=1S/C17H16N4O4/c1-18-17(23)11-4-2-5-12(10-11)19-14(22)7-8-15-20-16(21-25-15)13-6-3-9-24-13/h2-6,9-10H,7-8H2,1H3,(H,18,23)(H,19,22). The minimum Gasteiger partial charge on any atom is -0.461 e. The number of amides is 2. The fourth-order valence-corrected chi connectivity index (χ4v) is 2.19. The highest BCUT2D eigenvalue weighted by molar-refractivity contribution is 5.97. The molecule has 8 nitrogen and oxygen atoms in total. The van der Waals surface area contributed by atoms with Gasteiger partial charge in [-0.25, -0.2) is 0 Å². The van der Waals surface area contributed by atoms with Crippen molar-refractivity contribution in [1.29, 1.82) is 0 Å². The summed E-state index contributed by atoms with van der Waals surface area (Å²) in [5.74, 6) is 0.768. The van der Waals surface area contributed by atoms with E-state index < -0.39 is 0 Å². The van der Waals surface area contributed by atoms with Crippen LogP contribution in [-0.4, -0.2) is 29.0 Å². The van der Waals surface area contributed by atoms with Gasteiger partial charge in [0.15, 0.2) is 5.76 Å². The van der Waals surface area contributed by atoms with Gasteiger partial charge in [-0.3, -0.25) is 9.59 Å². The minimum atomic E-state index is -0.216. The van der Waals surface area contributed by atoms with Crippen molar-refractivity contribution >= 4 is 17.5 Å². The van der Waals surface area contributed by atoms with Gasteiger partial charge in [0, 0.05) is 31.1 Å². The number of benzene rings is 1. The van der Waals surface area contributed by atoms with E-state index in [2.05, 4.69) is 20.8 Å². The Morgan fingerprint density at radius 1 is 1.20 bits per heavy atom. The van der Waals surface area contributed by atoms with Crippen molar-refractivity contribution in [2.24, 2.45) is 0 Å². The number of aromatic nitrogens is 2. The number of furan rings is 1. The molecule has 2 N–H and O–H groups in total. The normalized spacial score (nSPS) is 10.4. The van der Waals surface area contributed by atoms with Gasteiger partial charge in [0.2, 0.25) is 17.6 Å². The molecule has 25 heavy (non-hydrogen) atoms. The van der Waals surface area contributed by atoms with Crippen LogP contribution in [0.3, 0.4) is 0 Å². The molecule has 0 saturated heterocycles. The lowest BCUT2D eigenvalue weighted by atomic mass is 10.2. The zero-order valence-corrected chi connectivity index (χ0v) is 13.5. The Morgan fingerprint density at radius 3 is 2.84 bits per heavy atom. The third-order valence-corrected chi connectivity index (χ3v) is 3.41. The van der Waals surface area contributed by atoms with E-state index in [9.17, 15) is 9.59 Å². The molecular weight excluding hydrogens is 324 g/mol. The molecule has 0 unspecified atom stereocenters. The van der Waals surface area contributed by atoms with E-state index in [-0.39, 0.29) is 18.2 Å². The van der Waals surface area contributed by atoms with Crippen LogP contribution in [0.25, 0.3) is 11.6 Å². The molecule has 0 fully saturated rings. The molecule has 1 aromatic carbocycles. The maximum atomic E-state index is 12.1. The molecule has 2 aromatic heterocycles. The summed E-state index contributed by atoms with van der Waals surface area (Å²) in [4.78, 5) is 27.8. The summed E-state index contributed by atoms with van der Waals surface area (Å²) in [6, 6.07) is 10.1. The zero-order chi connectivity index (χ0) is 17.6. The van der Waals surface area contributed by atoms with E-state index in [0.717, 1.165) is 0 Å². The molecule has 0 aliphatic heterocycles. The summed E-state index contributed by atoms with van der Waals surface area (Å²) in [6.45, 7) is 0. The van der Waals surface area contributed by atoms with E-state index in [1.807, 2.05) is 0 Å². The smallest absolute Gasteiger partial charge is 0.251 e. The maximum absolute atomic E-state index is 12.1. The molecule has 0 radical (unpaired) electrons. The first kappa shape index (κ1) is 16.4. The fourth-order valence-electron chi connectivity index (χ4n) is 2.19. The van der Waals surface area contributed by atoms with Crippen LogP contribution in [0.5, 0.6) is 0 Å². The number of anilines is 1. The SMILES string of the molecule is CNC(=O)c1cccc(NC(=O)CCc2nc(-c3ccco3)no2)c1. The van der Waals surface area contributed by atoms with Gasteiger partial charge in [0.05, 0.1) is 6.26 Å². The summed E-state index contributed by atoms with van der Waals surface area (Å²) in [6.07, 6.45) is 1.99. The highest BCUT2D eigenvalue weighted by Crippen LogP contribution is 2.16. The van der Waals surface area contributed by atoms with Crippen molar-refractivity contribution in [2.45, 2.75) is 12.8 Å². The summed E-state index contributed by atoms with van der Waals surface area (Å²) in [7, 11) is 1.55. The number of nitrogens with zero attached hydrogens (tertiary/aromatic N) is 2.